The van der Waals surface area contributed by atoms with Crippen LogP contribution in [0.15, 0.2) is 151 Å². The molecule has 0 aliphatic heterocycles. The van der Waals surface area contributed by atoms with Crippen LogP contribution in [0, 0.1) is 6.92 Å². The van der Waals surface area contributed by atoms with Gasteiger partial charge < -0.3 is 4.90 Å². The van der Waals surface area contributed by atoms with Crippen LogP contribution in [0.2, 0.25) is 0 Å². The van der Waals surface area contributed by atoms with Gasteiger partial charge in [-0.2, -0.15) is 0 Å². The summed E-state index contributed by atoms with van der Waals surface area (Å²) in [5, 5.41) is 2.54. The molecule has 0 bridgehead atoms. The molecule has 0 saturated heterocycles. The second-order valence-electron chi connectivity index (χ2n) is 9.40. The maximum Gasteiger partial charge on any atom is 0.0464 e. The molecule has 178 valence electrons. The minimum absolute atomic E-state index is 0.980. The molecule has 5 aromatic rings. The maximum absolute atomic E-state index is 2.32. The van der Waals surface area contributed by atoms with Crippen LogP contribution in [0.1, 0.15) is 23.1 Å². The number of nitrogens with zero attached hydrogens (tertiary/aromatic N) is 1. The summed E-state index contributed by atoms with van der Waals surface area (Å²) in [6.45, 7) is 2.23. The first kappa shape index (κ1) is 22.8. The molecule has 1 aliphatic carbocycles. The van der Waals surface area contributed by atoms with E-state index in [4.69, 9.17) is 0 Å². The molecule has 0 spiro atoms. The maximum atomic E-state index is 2.32. The Balaban J connectivity index is 1.54. The predicted octanol–water partition coefficient (Wildman–Crippen LogP) is 9.94. The first-order valence-corrected chi connectivity index (χ1v) is 12.9. The van der Waals surface area contributed by atoms with Crippen molar-refractivity contribution >= 4 is 33.4 Å². The second kappa shape index (κ2) is 10.2. The third kappa shape index (κ3) is 4.52. The zero-order chi connectivity index (χ0) is 25.0. The number of allylic oxidation sites excluding steroid dienone is 5. The van der Waals surface area contributed by atoms with Gasteiger partial charge in [-0.05, 0) is 88.4 Å². The van der Waals surface area contributed by atoms with E-state index in [0.717, 1.165) is 23.5 Å². The Morgan fingerprint density at radius 1 is 0.568 bits per heavy atom. The molecule has 0 aromatic heterocycles. The van der Waals surface area contributed by atoms with Crippen molar-refractivity contribution in [2.75, 3.05) is 4.90 Å². The van der Waals surface area contributed by atoms with Crippen LogP contribution in [0.3, 0.4) is 0 Å². The van der Waals surface area contributed by atoms with Crippen LogP contribution in [-0.2, 0) is 0 Å². The zero-order valence-electron chi connectivity index (χ0n) is 21.0. The van der Waals surface area contributed by atoms with Crippen molar-refractivity contribution in [2.24, 2.45) is 0 Å². The first-order chi connectivity index (χ1) is 18.3. The van der Waals surface area contributed by atoms with Gasteiger partial charge in [0.05, 0.1) is 0 Å². The fraction of sp³-hybridized carbons (Fsp3) is 0.0556. The molecular formula is C36H29N. The smallest absolute Gasteiger partial charge is 0.0464 e. The number of rotatable bonds is 5. The Labute approximate surface area is 219 Å². The van der Waals surface area contributed by atoms with Gasteiger partial charge in [-0.15, -0.1) is 0 Å². The highest BCUT2D eigenvalue weighted by Gasteiger charge is 2.18. The number of aryl methyl sites for hydroxylation is 1. The molecule has 0 atom stereocenters. The second-order valence-corrected chi connectivity index (χ2v) is 9.40. The van der Waals surface area contributed by atoms with E-state index in [0.29, 0.717) is 0 Å². The average molecular weight is 476 g/mol. The van der Waals surface area contributed by atoms with Crippen molar-refractivity contribution in [1.29, 1.82) is 0 Å². The monoisotopic (exact) mass is 475 g/mol. The van der Waals surface area contributed by atoms with E-state index in [1.165, 1.54) is 38.6 Å². The van der Waals surface area contributed by atoms with Gasteiger partial charge >= 0.3 is 0 Å². The molecule has 0 N–H and O–H groups in total. The Kier molecular flexibility index (Phi) is 6.27. The normalized spacial score (nSPS) is 12.6. The largest absolute Gasteiger partial charge is 0.310 e. The van der Waals surface area contributed by atoms with Crippen molar-refractivity contribution in [3.05, 3.63) is 168 Å². The zero-order valence-corrected chi connectivity index (χ0v) is 21.0. The van der Waals surface area contributed by atoms with Crippen LogP contribution in [0.4, 0.5) is 17.1 Å². The highest BCUT2D eigenvalue weighted by Crippen LogP contribution is 2.39. The Hall–Kier alpha value is -4.62. The SMILES string of the molecule is Cc1cc(N(c2ccccc2)c2ccccc2)ccc1C(=C1C=CCC=C1)c1cccc2ccccc12. The van der Waals surface area contributed by atoms with Crippen molar-refractivity contribution in [3.63, 3.8) is 0 Å². The van der Waals surface area contributed by atoms with E-state index in [1.54, 1.807) is 0 Å². The lowest BCUT2D eigenvalue weighted by Crippen LogP contribution is -2.10. The summed E-state index contributed by atoms with van der Waals surface area (Å²) in [4.78, 5) is 2.32. The van der Waals surface area contributed by atoms with Gasteiger partial charge in [0.15, 0.2) is 0 Å². The van der Waals surface area contributed by atoms with Crippen molar-refractivity contribution in [1.82, 2.24) is 0 Å². The molecule has 6 rings (SSSR count). The van der Waals surface area contributed by atoms with Crippen molar-refractivity contribution < 1.29 is 0 Å². The highest BCUT2D eigenvalue weighted by molar-refractivity contribution is 6.00. The lowest BCUT2D eigenvalue weighted by molar-refractivity contribution is 1.26. The number of benzene rings is 5. The number of fused-ring (bicyclic) bond motifs is 1. The molecule has 0 radical (unpaired) electrons. The van der Waals surface area contributed by atoms with E-state index in [2.05, 4.69) is 157 Å². The lowest BCUT2D eigenvalue weighted by atomic mass is 9.86. The quantitative estimate of drug-likeness (QED) is 0.244. The third-order valence-corrected chi connectivity index (χ3v) is 6.98. The van der Waals surface area contributed by atoms with Gasteiger partial charge in [-0.25, -0.2) is 0 Å². The molecule has 0 heterocycles. The summed E-state index contributed by atoms with van der Waals surface area (Å²) in [6, 6.07) is 43.3. The summed E-state index contributed by atoms with van der Waals surface area (Å²) in [5.74, 6) is 0. The van der Waals surface area contributed by atoms with Crippen LogP contribution in [-0.4, -0.2) is 0 Å². The van der Waals surface area contributed by atoms with Gasteiger partial charge in [0.1, 0.15) is 0 Å². The Morgan fingerprint density at radius 2 is 1.19 bits per heavy atom. The van der Waals surface area contributed by atoms with E-state index < -0.39 is 0 Å². The number of hydrogen-bond acceptors (Lipinski definition) is 1. The van der Waals surface area contributed by atoms with E-state index in [9.17, 15) is 0 Å². The molecular weight excluding hydrogens is 446 g/mol. The molecule has 0 unspecified atom stereocenters. The fourth-order valence-corrected chi connectivity index (χ4v) is 5.26. The summed E-state index contributed by atoms with van der Waals surface area (Å²) < 4.78 is 0. The van der Waals surface area contributed by atoms with Crippen molar-refractivity contribution in [3.8, 4) is 0 Å². The molecule has 5 aromatic carbocycles. The molecule has 1 nitrogen and oxygen atoms in total. The standard InChI is InChI=1S/C36H29N/c1-27-26-32(37(30-18-7-3-8-19-30)31-20-9-4-10-21-31)24-25-33(27)36(29-15-5-2-6-16-29)35-23-13-17-28-14-11-12-22-34(28)35/h3-26H,2H2,1H3. The summed E-state index contributed by atoms with van der Waals surface area (Å²) in [7, 11) is 0. The van der Waals surface area contributed by atoms with Gasteiger partial charge in [0, 0.05) is 17.1 Å². The van der Waals surface area contributed by atoms with Crippen molar-refractivity contribution in [2.45, 2.75) is 13.3 Å². The fourth-order valence-electron chi connectivity index (χ4n) is 5.26. The number of hydrogen-bond donors (Lipinski definition) is 0. The third-order valence-electron chi connectivity index (χ3n) is 6.98. The average Bonchev–Trinajstić information content (AvgIpc) is 2.96. The van der Waals surface area contributed by atoms with Crippen LogP contribution in [0.25, 0.3) is 16.3 Å². The van der Waals surface area contributed by atoms with Crippen LogP contribution in [0.5, 0.6) is 0 Å². The molecule has 0 saturated carbocycles. The Morgan fingerprint density at radius 3 is 1.86 bits per heavy atom. The molecule has 0 amide bonds. The van der Waals surface area contributed by atoms with E-state index >= 15 is 0 Å². The Bertz CT molecular complexity index is 1580. The molecule has 0 fully saturated rings. The van der Waals surface area contributed by atoms with E-state index in [1.807, 2.05) is 0 Å². The van der Waals surface area contributed by atoms with Gasteiger partial charge in [-0.1, -0.05) is 109 Å². The first-order valence-electron chi connectivity index (χ1n) is 12.9. The summed E-state index contributed by atoms with van der Waals surface area (Å²) in [5.41, 5.74) is 9.74. The summed E-state index contributed by atoms with van der Waals surface area (Å²) in [6.07, 6.45) is 10.0. The topological polar surface area (TPSA) is 3.24 Å². The van der Waals surface area contributed by atoms with Gasteiger partial charge in [0.25, 0.3) is 0 Å². The minimum atomic E-state index is 0.980. The minimum Gasteiger partial charge on any atom is -0.310 e. The lowest BCUT2D eigenvalue weighted by Gasteiger charge is -2.27. The highest BCUT2D eigenvalue weighted by atomic mass is 15.1. The number of para-hydroxylation sites is 2. The molecule has 37 heavy (non-hydrogen) atoms. The molecule has 1 heteroatoms. The summed E-state index contributed by atoms with van der Waals surface area (Å²) >= 11 is 0. The number of anilines is 3. The van der Waals surface area contributed by atoms with Crippen LogP contribution < -0.4 is 4.90 Å². The van der Waals surface area contributed by atoms with E-state index in [-0.39, 0.29) is 0 Å². The predicted molar refractivity (Wildman–Crippen MR) is 159 cm³/mol. The molecule has 1 aliphatic rings. The van der Waals surface area contributed by atoms with Gasteiger partial charge in [-0.3, -0.25) is 0 Å². The van der Waals surface area contributed by atoms with Crippen LogP contribution >= 0.6 is 0 Å². The van der Waals surface area contributed by atoms with Gasteiger partial charge in [0.2, 0.25) is 0 Å².